The van der Waals surface area contributed by atoms with Crippen LogP contribution in [0.15, 0.2) is 10.6 Å². The summed E-state index contributed by atoms with van der Waals surface area (Å²) in [5.74, 6) is 0.114. The van der Waals surface area contributed by atoms with E-state index in [1.807, 2.05) is 13.8 Å². The highest BCUT2D eigenvalue weighted by atomic mass is 35.7. The lowest BCUT2D eigenvalue weighted by Crippen LogP contribution is -1.94. The fraction of sp³-hybridized carbons (Fsp3) is 0.333. The van der Waals surface area contributed by atoms with Crippen molar-refractivity contribution >= 4 is 31.1 Å². The first-order valence-electron chi connectivity index (χ1n) is 4.67. The van der Waals surface area contributed by atoms with E-state index in [0.29, 0.717) is 10.8 Å². The summed E-state index contributed by atoms with van der Waals surface area (Å²) in [6, 6.07) is 1.54. The highest BCUT2D eigenvalue weighted by Crippen LogP contribution is 2.28. The first-order chi connectivity index (χ1) is 7.85. The van der Waals surface area contributed by atoms with Gasteiger partial charge in [-0.25, -0.2) is 13.4 Å². The zero-order valence-corrected chi connectivity index (χ0v) is 11.5. The summed E-state index contributed by atoms with van der Waals surface area (Å²) < 4.78 is 26.8. The molecule has 2 heterocycles. The van der Waals surface area contributed by atoms with Gasteiger partial charge >= 0.3 is 0 Å². The van der Waals surface area contributed by atoms with Crippen molar-refractivity contribution in [3.63, 3.8) is 0 Å². The second kappa shape index (κ2) is 4.40. The van der Waals surface area contributed by atoms with Crippen LogP contribution in [-0.4, -0.2) is 18.6 Å². The number of hydrogen-bond donors (Lipinski definition) is 0. The molecule has 0 radical (unpaired) electrons. The Labute approximate surface area is 107 Å². The molecule has 0 fully saturated rings. The fourth-order valence-corrected chi connectivity index (χ4v) is 2.92. The Kier molecular flexibility index (Phi) is 3.24. The molecule has 5 nitrogen and oxygen atoms in total. The third-order valence-electron chi connectivity index (χ3n) is 2.12. The Bertz CT molecular complexity index is 626. The van der Waals surface area contributed by atoms with Gasteiger partial charge in [-0.3, -0.25) is 0 Å². The van der Waals surface area contributed by atoms with Gasteiger partial charge in [-0.05, 0) is 13.8 Å². The molecule has 0 N–H and O–H groups in total. The number of rotatable bonds is 3. The summed E-state index contributed by atoms with van der Waals surface area (Å²) in [5.41, 5.74) is 1.20. The van der Waals surface area contributed by atoms with Crippen LogP contribution in [0.5, 0.6) is 0 Å². The van der Waals surface area contributed by atoms with Crippen LogP contribution in [-0.2, 0) is 14.8 Å². The average molecular weight is 293 g/mol. The molecule has 2 aromatic heterocycles. The van der Waals surface area contributed by atoms with Crippen molar-refractivity contribution in [2.24, 2.45) is 0 Å². The zero-order valence-electron chi connectivity index (χ0n) is 9.10. The first-order valence-corrected chi connectivity index (χ1v) is 7.97. The highest BCUT2D eigenvalue weighted by Gasteiger charge is 2.15. The second-order valence-corrected chi connectivity index (χ2v) is 7.51. The predicted molar refractivity (Wildman–Crippen MR) is 65.6 cm³/mol. The van der Waals surface area contributed by atoms with Crippen molar-refractivity contribution in [3.05, 3.63) is 22.3 Å². The van der Waals surface area contributed by atoms with Crippen LogP contribution in [0.4, 0.5) is 0 Å². The standard InChI is InChI=1S/C9H9ClN2O3S2/c1-5-6(2)16-9(11-5)8-3-7(12-15-8)4-17(10,13)14/h3H,4H2,1-2H3. The Morgan fingerprint density at radius 1 is 1.47 bits per heavy atom. The first kappa shape index (κ1) is 12.5. The molecule has 0 atom stereocenters. The Morgan fingerprint density at radius 3 is 2.71 bits per heavy atom. The molecule has 0 bridgehead atoms. The quantitative estimate of drug-likeness (QED) is 0.813. The van der Waals surface area contributed by atoms with Crippen molar-refractivity contribution in [1.82, 2.24) is 10.1 Å². The lowest BCUT2D eigenvalue weighted by molar-refractivity contribution is 0.425. The number of aryl methyl sites for hydroxylation is 2. The Hall–Kier alpha value is -0.920. The maximum Gasteiger partial charge on any atom is 0.238 e. The largest absolute Gasteiger partial charge is 0.353 e. The van der Waals surface area contributed by atoms with E-state index in [0.717, 1.165) is 10.6 Å². The maximum absolute atomic E-state index is 10.9. The minimum absolute atomic E-state index is 0.278. The van der Waals surface area contributed by atoms with E-state index < -0.39 is 9.05 Å². The van der Waals surface area contributed by atoms with E-state index >= 15 is 0 Å². The average Bonchev–Trinajstić information content (AvgIpc) is 2.72. The summed E-state index contributed by atoms with van der Waals surface area (Å²) in [6.07, 6.45) is 0. The molecule has 92 valence electrons. The normalized spacial score (nSPS) is 11.9. The van der Waals surface area contributed by atoms with Gasteiger partial charge in [-0.2, -0.15) is 0 Å². The van der Waals surface area contributed by atoms with Crippen molar-refractivity contribution < 1.29 is 12.9 Å². The summed E-state index contributed by atoms with van der Waals surface area (Å²) in [7, 11) is 1.51. The molecule has 0 aliphatic carbocycles. The lowest BCUT2D eigenvalue weighted by Gasteiger charge is -1.86. The van der Waals surface area contributed by atoms with E-state index in [-0.39, 0.29) is 11.4 Å². The van der Waals surface area contributed by atoms with E-state index in [1.54, 1.807) is 0 Å². The molecule has 0 aromatic carbocycles. The summed E-state index contributed by atoms with van der Waals surface area (Å²) >= 11 is 1.47. The molecule has 0 amide bonds. The van der Waals surface area contributed by atoms with Gasteiger partial charge in [0.05, 0.1) is 5.69 Å². The molecule has 0 aliphatic heterocycles. The number of hydrogen-bond acceptors (Lipinski definition) is 6. The fourth-order valence-electron chi connectivity index (χ4n) is 1.24. The third-order valence-corrected chi connectivity index (χ3v) is 4.17. The predicted octanol–water partition coefficient (Wildman–Crippen LogP) is 2.48. The highest BCUT2D eigenvalue weighted by molar-refractivity contribution is 8.13. The molecular formula is C9H9ClN2O3S2. The van der Waals surface area contributed by atoms with Crippen LogP contribution >= 0.6 is 22.0 Å². The van der Waals surface area contributed by atoms with E-state index in [1.165, 1.54) is 17.4 Å². The monoisotopic (exact) mass is 292 g/mol. The molecular weight excluding hydrogens is 284 g/mol. The van der Waals surface area contributed by atoms with Gasteiger partial charge in [0, 0.05) is 21.6 Å². The number of thiazole rings is 1. The Morgan fingerprint density at radius 2 is 2.18 bits per heavy atom. The van der Waals surface area contributed by atoms with E-state index in [2.05, 4.69) is 10.1 Å². The molecule has 0 saturated carbocycles. The smallest absolute Gasteiger partial charge is 0.238 e. The van der Waals surface area contributed by atoms with E-state index in [4.69, 9.17) is 15.2 Å². The van der Waals surface area contributed by atoms with Crippen LogP contribution in [0, 0.1) is 13.8 Å². The SMILES string of the molecule is Cc1nc(-c2cc(CS(=O)(=O)Cl)no2)sc1C. The van der Waals surface area contributed by atoms with Gasteiger partial charge in [-0.15, -0.1) is 11.3 Å². The van der Waals surface area contributed by atoms with Crippen LogP contribution in [0.3, 0.4) is 0 Å². The van der Waals surface area contributed by atoms with Gasteiger partial charge in [0.25, 0.3) is 0 Å². The second-order valence-electron chi connectivity index (χ2n) is 3.53. The van der Waals surface area contributed by atoms with Crippen molar-refractivity contribution in [2.75, 3.05) is 0 Å². The van der Waals surface area contributed by atoms with Crippen molar-refractivity contribution in [3.8, 4) is 10.8 Å². The molecule has 2 rings (SSSR count). The summed E-state index contributed by atoms with van der Waals surface area (Å²) in [5, 5.41) is 4.33. The summed E-state index contributed by atoms with van der Waals surface area (Å²) in [4.78, 5) is 5.38. The van der Waals surface area contributed by atoms with Gasteiger partial charge in [0.2, 0.25) is 9.05 Å². The van der Waals surface area contributed by atoms with Gasteiger partial charge in [0.1, 0.15) is 11.4 Å². The maximum atomic E-state index is 10.9. The summed E-state index contributed by atoms with van der Waals surface area (Å²) in [6.45, 7) is 3.85. The molecule has 0 saturated heterocycles. The van der Waals surface area contributed by atoms with Crippen LogP contribution < -0.4 is 0 Å². The van der Waals surface area contributed by atoms with Gasteiger partial charge in [-0.1, -0.05) is 5.16 Å². The molecule has 0 aliphatic rings. The minimum Gasteiger partial charge on any atom is -0.353 e. The van der Waals surface area contributed by atoms with Gasteiger partial charge < -0.3 is 4.52 Å². The zero-order chi connectivity index (χ0) is 12.6. The van der Waals surface area contributed by atoms with Crippen LogP contribution in [0.2, 0.25) is 0 Å². The van der Waals surface area contributed by atoms with Crippen LogP contribution in [0.1, 0.15) is 16.3 Å². The molecule has 2 aromatic rings. The molecule has 8 heteroatoms. The minimum atomic E-state index is -3.62. The third kappa shape index (κ3) is 3.05. The van der Waals surface area contributed by atoms with Crippen molar-refractivity contribution in [1.29, 1.82) is 0 Å². The molecule has 0 unspecified atom stereocenters. The molecule has 0 spiro atoms. The van der Waals surface area contributed by atoms with Gasteiger partial charge in [0.15, 0.2) is 10.8 Å². The lowest BCUT2D eigenvalue weighted by atomic mass is 10.4. The number of halogens is 1. The van der Waals surface area contributed by atoms with Crippen LogP contribution in [0.25, 0.3) is 10.8 Å². The number of nitrogens with zero attached hydrogens (tertiary/aromatic N) is 2. The van der Waals surface area contributed by atoms with E-state index in [9.17, 15) is 8.42 Å². The van der Waals surface area contributed by atoms with Crippen molar-refractivity contribution in [2.45, 2.75) is 19.6 Å². The number of aromatic nitrogens is 2. The Balaban J connectivity index is 2.30. The topological polar surface area (TPSA) is 73.1 Å². The molecule has 17 heavy (non-hydrogen) atoms.